The molecule has 1 aromatic carbocycles. The second-order valence-corrected chi connectivity index (χ2v) is 4.74. The molecule has 20 heavy (non-hydrogen) atoms. The maximum absolute atomic E-state index is 5.67. The van der Waals surface area contributed by atoms with Gasteiger partial charge in [-0.05, 0) is 37.3 Å². The summed E-state index contributed by atoms with van der Waals surface area (Å²) in [5.74, 6) is 1.73. The number of tetrazole rings is 1. The molecule has 0 amide bonds. The number of aromatic nitrogens is 4. The van der Waals surface area contributed by atoms with E-state index in [9.17, 15) is 0 Å². The monoisotopic (exact) mass is 275 g/mol. The van der Waals surface area contributed by atoms with Crippen molar-refractivity contribution in [3.63, 3.8) is 0 Å². The molecule has 0 fully saturated rings. The number of hydrogen-bond acceptors (Lipinski definition) is 5. The number of nitrogens with one attached hydrogen (secondary N) is 1. The summed E-state index contributed by atoms with van der Waals surface area (Å²) in [6.45, 7) is 6.80. The molecule has 6 heteroatoms. The van der Waals surface area contributed by atoms with Gasteiger partial charge in [-0.25, -0.2) is 4.68 Å². The Bertz CT molecular complexity index is 554. The van der Waals surface area contributed by atoms with Crippen LogP contribution in [-0.4, -0.2) is 26.8 Å². The largest absolute Gasteiger partial charge is 0.494 e. The van der Waals surface area contributed by atoms with Gasteiger partial charge in [0.05, 0.1) is 12.6 Å². The minimum Gasteiger partial charge on any atom is -0.494 e. The maximum atomic E-state index is 5.67. The van der Waals surface area contributed by atoms with Crippen LogP contribution in [0.1, 0.15) is 44.2 Å². The summed E-state index contributed by atoms with van der Waals surface area (Å²) in [4.78, 5) is 0. The lowest BCUT2D eigenvalue weighted by molar-refractivity contribution is 0.330. The van der Waals surface area contributed by atoms with E-state index in [1.807, 2.05) is 39.1 Å². The van der Waals surface area contributed by atoms with Gasteiger partial charge in [0.1, 0.15) is 5.75 Å². The number of rotatable bonds is 6. The highest BCUT2D eigenvalue weighted by Crippen LogP contribution is 2.26. The van der Waals surface area contributed by atoms with E-state index in [1.54, 1.807) is 4.68 Å². The molecule has 0 radical (unpaired) electrons. The van der Waals surface area contributed by atoms with Crippen LogP contribution in [0.2, 0.25) is 0 Å². The third kappa shape index (κ3) is 3.14. The standard InChI is InChI=1S/C14H21N5O/c1-5-20-13-9-7-6-8-12(13)10(2)15-11(3)14-16-17-18-19(14)4/h6-11,15H,5H2,1-4H3/t10-,11-/m1/s1. The molecular formula is C14H21N5O. The van der Waals surface area contributed by atoms with Crippen LogP contribution >= 0.6 is 0 Å². The molecule has 0 aliphatic rings. The van der Waals surface area contributed by atoms with E-state index in [0.29, 0.717) is 6.61 Å². The smallest absolute Gasteiger partial charge is 0.167 e. The van der Waals surface area contributed by atoms with Gasteiger partial charge in [-0.3, -0.25) is 0 Å². The fraction of sp³-hybridized carbons (Fsp3) is 0.500. The van der Waals surface area contributed by atoms with Gasteiger partial charge in [-0.1, -0.05) is 18.2 Å². The molecule has 0 saturated heterocycles. The van der Waals surface area contributed by atoms with Crippen molar-refractivity contribution in [3.05, 3.63) is 35.7 Å². The molecule has 0 aliphatic heterocycles. The average molecular weight is 275 g/mol. The second kappa shape index (κ2) is 6.47. The predicted molar refractivity (Wildman–Crippen MR) is 76.4 cm³/mol. The zero-order chi connectivity index (χ0) is 14.5. The van der Waals surface area contributed by atoms with Crippen LogP contribution in [0.25, 0.3) is 0 Å². The fourth-order valence-electron chi connectivity index (χ4n) is 2.27. The normalized spacial score (nSPS) is 14.0. The van der Waals surface area contributed by atoms with Gasteiger partial charge in [0.25, 0.3) is 0 Å². The van der Waals surface area contributed by atoms with E-state index >= 15 is 0 Å². The highest BCUT2D eigenvalue weighted by atomic mass is 16.5. The molecule has 1 N–H and O–H groups in total. The van der Waals surface area contributed by atoms with Crippen molar-refractivity contribution in [1.29, 1.82) is 0 Å². The Balaban J connectivity index is 2.12. The van der Waals surface area contributed by atoms with Crippen molar-refractivity contribution in [1.82, 2.24) is 25.5 Å². The number of hydrogen-bond donors (Lipinski definition) is 1. The van der Waals surface area contributed by atoms with E-state index in [4.69, 9.17) is 4.74 Å². The molecular weight excluding hydrogens is 254 g/mol. The zero-order valence-corrected chi connectivity index (χ0v) is 12.4. The molecule has 0 saturated carbocycles. The van der Waals surface area contributed by atoms with Crippen molar-refractivity contribution in [2.24, 2.45) is 7.05 Å². The topological polar surface area (TPSA) is 64.9 Å². The summed E-state index contributed by atoms with van der Waals surface area (Å²) in [5.41, 5.74) is 1.14. The van der Waals surface area contributed by atoms with E-state index < -0.39 is 0 Å². The number of para-hydroxylation sites is 1. The summed E-state index contributed by atoms with van der Waals surface area (Å²) in [7, 11) is 1.84. The van der Waals surface area contributed by atoms with Crippen molar-refractivity contribution >= 4 is 0 Å². The van der Waals surface area contributed by atoms with Gasteiger partial charge in [-0.2, -0.15) is 0 Å². The van der Waals surface area contributed by atoms with E-state index in [0.717, 1.165) is 17.1 Å². The molecule has 108 valence electrons. The third-order valence-corrected chi connectivity index (χ3v) is 3.23. The molecule has 1 heterocycles. The molecule has 6 nitrogen and oxygen atoms in total. The third-order valence-electron chi connectivity index (χ3n) is 3.23. The summed E-state index contributed by atoms with van der Waals surface area (Å²) < 4.78 is 7.35. The first-order chi connectivity index (χ1) is 9.63. The van der Waals surface area contributed by atoms with Crippen molar-refractivity contribution in [3.8, 4) is 5.75 Å². The van der Waals surface area contributed by atoms with E-state index in [2.05, 4.69) is 33.8 Å². The molecule has 0 aliphatic carbocycles. The molecule has 0 unspecified atom stereocenters. The molecule has 0 spiro atoms. The van der Waals surface area contributed by atoms with Crippen LogP contribution < -0.4 is 10.1 Å². The highest BCUT2D eigenvalue weighted by Gasteiger charge is 2.17. The van der Waals surface area contributed by atoms with Crippen LogP contribution in [0.15, 0.2) is 24.3 Å². The summed E-state index contributed by atoms with van der Waals surface area (Å²) in [6.07, 6.45) is 0. The Labute approximate surface area is 119 Å². The quantitative estimate of drug-likeness (QED) is 0.873. The summed E-state index contributed by atoms with van der Waals surface area (Å²) in [5, 5.41) is 15.0. The Morgan fingerprint density at radius 1 is 1.25 bits per heavy atom. The molecule has 1 aromatic heterocycles. The summed E-state index contributed by atoms with van der Waals surface area (Å²) >= 11 is 0. The van der Waals surface area contributed by atoms with Crippen LogP contribution in [0.3, 0.4) is 0 Å². The molecule has 2 atom stereocenters. The first kappa shape index (κ1) is 14.5. The fourth-order valence-corrected chi connectivity index (χ4v) is 2.27. The molecule has 0 bridgehead atoms. The van der Waals surface area contributed by atoms with Gasteiger partial charge < -0.3 is 10.1 Å². The maximum Gasteiger partial charge on any atom is 0.167 e. The Hall–Kier alpha value is -1.95. The Morgan fingerprint density at radius 3 is 2.65 bits per heavy atom. The van der Waals surface area contributed by atoms with Crippen LogP contribution in [0.4, 0.5) is 0 Å². The van der Waals surface area contributed by atoms with Gasteiger partial charge in [-0.15, -0.1) is 5.10 Å². The number of aryl methyl sites for hydroxylation is 1. The number of ether oxygens (including phenoxy) is 1. The highest BCUT2D eigenvalue weighted by molar-refractivity contribution is 5.35. The first-order valence-electron chi connectivity index (χ1n) is 6.83. The minimum atomic E-state index is 0.0553. The van der Waals surface area contributed by atoms with Crippen molar-refractivity contribution in [2.75, 3.05) is 6.61 Å². The average Bonchev–Trinajstić information content (AvgIpc) is 2.86. The lowest BCUT2D eigenvalue weighted by Crippen LogP contribution is -2.25. The number of benzene rings is 1. The summed E-state index contributed by atoms with van der Waals surface area (Å²) in [6, 6.07) is 8.27. The van der Waals surface area contributed by atoms with Crippen LogP contribution in [-0.2, 0) is 7.05 Å². The first-order valence-corrected chi connectivity index (χ1v) is 6.83. The Kier molecular flexibility index (Phi) is 4.68. The van der Waals surface area contributed by atoms with Crippen LogP contribution in [0.5, 0.6) is 5.75 Å². The number of nitrogens with zero attached hydrogens (tertiary/aromatic N) is 4. The minimum absolute atomic E-state index is 0.0553. The lowest BCUT2D eigenvalue weighted by atomic mass is 10.1. The van der Waals surface area contributed by atoms with Gasteiger partial charge in [0.15, 0.2) is 5.82 Å². The van der Waals surface area contributed by atoms with Gasteiger partial charge in [0, 0.05) is 18.7 Å². The molecule has 2 rings (SSSR count). The van der Waals surface area contributed by atoms with Crippen LogP contribution in [0, 0.1) is 0 Å². The van der Waals surface area contributed by atoms with Crippen molar-refractivity contribution in [2.45, 2.75) is 32.9 Å². The zero-order valence-electron chi connectivity index (χ0n) is 12.4. The predicted octanol–water partition coefficient (Wildman–Crippen LogP) is 2.02. The van der Waals surface area contributed by atoms with E-state index in [1.165, 1.54) is 0 Å². The van der Waals surface area contributed by atoms with Gasteiger partial charge in [0.2, 0.25) is 0 Å². The van der Waals surface area contributed by atoms with Crippen molar-refractivity contribution < 1.29 is 4.74 Å². The van der Waals surface area contributed by atoms with Gasteiger partial charge >= 0.3 is 0 Å². The molecule has 2 aromatic rings. The second-order valence-electron chi connectivity index (χ2n) is 4.74. The SMILES string of the molecule is CCOc1ccccc1[C@@H](C)N[C@H](C)c1nnnn1C. The Morgan fingerprint density at radius 2 is 2.00 bits per heavy atom. The lowest BCUT2D eigenvalue weighted by Gasteiger charge is -2.21. The van der Waals surface area contributed by atoms with E-state index in [-0.39, 0.29) is 12.1 Å².